The fourth-order valence-corrected chi connectivity index (χ4v) is 3.35. The van der Waals surface area contributed by atoms with Gasteiger partial charge in [-0.1, -0.05) is 12.1 Å². The maximum absolute atomic E-state index is 5.78. The minimum Gasteiger partial charge on any atom is -0.375 e. The third-order valence-electron chi connectivity index (χ3n) is 3.52. The summed E-state index contributed by atoms with van der Waals surface area (Å²) >= 11 is 1.49. The summed E-state index contributed by atoms with van der Waals surface area (Å²) < 4.78 is 0. The molecular weight excluding hydrogens is 242 g/mol. The molecule has 1 aromatic carbocycles. The average Bonchev–Trinajstić information content (AvgIpc) is 2.79. The second-order valence-electron chi connectivity index (χ2n) is 4.72. The predicted molar refractivity (Wildman–Crippen MR) is 76.5 cm³/mol. The molecule has 0 amide bonds. The maximum Gasteiger partial charge on any atom is 0.180 e. The molecular formula is C14H17N3S. The number of benzene rings is 1. The summed E-state index contributed by atoms with van der Waals surface area (Å²) in [5, 5.41) is 0.600. The molecule has 0 unspecified atom stereocenters. The van der Waals surface area contributed by atoms with Crippen molar-refractivity contribution in [2.24, 2.45) is 5.73 Å². The Morgan fingerprint density at radius 2 is 1.94 bits per heavy atom. The van der Waals surface area contributed by atoms with Crippen LogP contribution in [0.25, 0.3) is 11.3 Å². The summed E-state index contributed by atoms with van der Waals surface area (Å²) in [4.78, 5) is 5.49. The molecule has 0 saturated carbocycles. The molecule has 18 heavy (non-hydrogen) atoms. The zero-order valence-corrected chi connectivity index (χ0v) is 11.1. The molecule has 1 aromatic heterocycles. The number of hydrogen-bond donors (Lipinski definition) is 2. The first-order chi connectivity index (χ1) is 8.78. The van der Waals surface area contributed by atoms with Crippen LogP contribution in [0.1, 0.15) is 28.8 Å². The normalized spacial score (nSPS) is 14.5. The van der Waals surface area contributed by atoms with Gasteiger partial charge in [-0.2, -0.15) is 0 Å². The SMILES string of the molecule is NCc1sc(N)nc1-c1ccc2c(c1)CCCC2. The van der Waals surface area contributed by atoms with Crippen molar-refractivity contribution in [1.82, 2.24) is 4.98 Å². The monoisotopic (exact) mass is 259 g/mol. The lowest BCUT2D eigenvalue weighted by Gasteiger charge is -2.16. The van der Waals surface area contributed by atoms with Crippen molar-refractivity contribution >= 4 is 16.5 Å². The van der Waals surface area contributed by atoms with Gasteiger partial charge in [0.05, 0.1) is 5.69 Å². The number of nitrogens with two attached hydrogens (primary N) is 2. The molecule has 4 N–H and O–H groups in total. The smallest absolute Gasteiger partial charge is 0.180 e. The van der Waals surface area contributed by atoms with Crippen LogP contribution in [0.5, 0.6) is 0 Å². The van der Waals surface area contributed by atoms with Gasteiger partial charge in [-0.25, -0.2) is 4.98 Å². The highest BCUT2D eigenvalue weighted by molar-refractivity contribution is 7.15. The lowest BCUT2D eigenvalue weighted by Crippen LogP contribution is -2.03. The molecule has 3 rings (SSSR count). The van der Waals surface area contributed by atoms with Crippen molar-refractivity contribution in [3.8, 4) is 11.3 Å². The van der Waals surface area contributed by atoms with Gasteiger partial charge in [0.2, 0.25) is 0 Å². The van der Waals surface area contributed by atoms with Crippen molar-refractivity contribution < 1.29 is 0 Å². The summed E-state index contributed by atoms with van der Waals surface area (Å²) in [6.45, 7) is 0.501. The van der Waals surface area contributed by atoms with E-state index in [1.807, 2.05) is 0 Å². The highest BCUT2D eigenvalue weighted by Gasteiger charge is 2.14. The lowest BCUT2D eigenvalue weighted by molar-refractivity contribution is 0.686. The Bertz CT molecular complexity index is 574. The van der Waals surface area contributed by atoms with Crippen molar-refractivity contribution in [3.05, 3.63) is 34.2 Å². The number of nitrogens with zero attached hydrogens (tertiary/aromatic N) is 1. The van der Waals surface area contributed by atoms with E-state index in [0.29, 0.717) is 11.7 Å². The predicted octanol–water partition coefficient (Wildman–Crippen LogP) is 2.73. The molecule has 0 fully saturated rings. The van der Waals surface area contributed by atoms with Crippen molar-refractivity contribution in [2.45, 2.75) is 32.2 Å². The molecule has 2 aromatic rings. The van der Waals surface area contributed by atoms with Crippen LogP contribution in [0.4, 0.5) is 5.13 Å². The van der Waals surface area contributed by atoms with Gasteiger partial charge in [-0.05, 0) is 42.9 Å². The Kier molecular flexibility index (Phi) is 3.06. The van der Waals surface area contributed by atoms with Crippen LogP contribution in [0, 0.1) is 0 Å². The number of hydrogen-bond acceptors (Lipinski definition) is 4. The largest absolute Gasteiger partial charge is 0.375 e. The molecule has 94 valence electrons. The maximum atomic E-state index is 5.78. The van der Waals surface area contributed by atoms with Gasteiger partial charge in [0.15, 0.2) is 5.13 Å². The Hall–Kier alpha value is -1.39. The topological polar surface area (TPSA) is 64.9 Å². The van der Waals surface area contributed by atoms with Crippen LogP contribution in [-0.4, -0.2) is 4.98 Å². The molecule has 1 aliphatic carbocycles. The number of rotatable bonds is 2. The van der Waals surface area contributed by atoms with E-state index in [9.17, 15) is 0 Å². The number of anilines is 1. The van der Waals surface area contributed by atoms with Gasteiger partial charge in [-0.15, -0.1) is 11.3 Å². The molecule has 0 spiro atoms. The molecule has 3 nitrogen and oxygen atoms in total. The molecule has 1 heterocycles. The molecule has 0 radical (unpaired) electrons. The van der Waals surface area contributed by atoms with Gasteiger partial charge < -0.3 is 11.5 Å². The van der Waals surface area contributed by atoms with Gasteiger partial charge in [0.25, 0.3) is 0 Å². The zero-order chi connectivity index (χ0) is 12.5. The van der Waals surface area contributed by atoms with E-state index >= 15 is 0 Å². The Morgan fingerprint density at radius 3 is 2.72 bits per heavy atom. The molecule has 0 saturated heterocycles. The standard InChI is InChI=1S/C14H17N3S/c15-8-12-13(17-14(16)18-12)11-6-5-9-3-1-2-4-10(9)7-11/h5-7H,1-4,8,15H2,(H2,16,17). The summed E-state index contributed by atoms with van der Waals surface area (Å²) in [7, 11) is 0. The summed E-state index contributed by atoms with van der Waals surface area (Å²) in [6, 6.07) is 6.65. The third-order valence-corrected chi connectivity index (χ3v) is 4.43. The minimum absolute atomic E-state index is 0.501. The van der Waals surface area contributed by atoms with Crippen molar-refractivity contribution in [2.75, 3.05) is 5.73 Å². The number of thiazole rings is 1. The van der Waals surface area contributed by atoms with Gasteiger partial charge in [0.1, 0.15) is 0 Å². The number of aromatic nitrogens is 1. The summed E-state index contributed by atoms with van der Waals surface area (Å²) in [5.74, 6) is 0. The van der Waals surface area contributed by atoms with E-state index in [0.717, 1.165) is 16.1 Å². The van der Waals surface area contributed by atoms with Crippen LogP contribution in [-0.2, 0) is 19.4 Å². The zero-order valence-electron chi connectivity index (χ0n) is 10.3. The van der Waals surface area contributed by atoms with Gasteiger partial charge >= 0.3 is 0 Å². The number of fused-ring (bicyclic) bond motifs is 1. The van der Waals surface area contributed by atoms with Crippen LogP contribution in [0.3, 0.4) is 0 Å². The summed E-state index contributed by atoms with van der Waals surface area (Å²) in [6.07, 6.45) is 4.99. The highest BCUT2D eigenvalue weighted by Crippen LogP contribution is 2.32. The Labute approximate surface area is 111 Å². The second-order valence-corrected chi connectivity index (χ2v) is 5.83. The lowest BCUT2D eigenvalue weighted by atomic mass is 9.90. The first-order valence-corrected chi connectivity index (χ1v) is 7.17. The van der Waals surface area contributed by atoms with E-state index in [1.165, 1.54) is 48.1 Å². The Balaban J connectivity index is 2.06. The van der Waals surface area contributed by atoms with E-state index < -0.39 is 0 Å². The Morgan fingerprint density at radius 1 is 1.17 bits per heavy atom. The number of aryl methyl sites for hydroxylation is 2. The van der Waals surface area contributed by atoms with Gasteiger partial charge in [0, 0.05) is 17.0 Å². The van der Waals surface area contributed by atoms with E-state index in [-0.39, 0.29) is 0 Å². The van der Waals surface area contributed by atoms with Crippen molar-refractivity contribution in [1.29, 1.82) is 0 Å². The third kappa shape index (κ3) is 2.02. The molecule has 4 heteroatoms. The van der Waals surface area contributed by atoms with E-state index in [4.69, 9.17) is 11.5 Å². The minimum atomic E-state index is 0.501. The van der Waals surface area contributed by atoms with Crippen LogP contribution >= 0.6 is 11.3 Å². The highest BCUT2D eigenvalue weighted by atomic mass is 32.1. The van der Waals surface area contributed by atoms with Crippen molar-refractivity contribution in [3.63, 3.8) is 0 Å². The molecule has 1 aliphatic rings. The quantitative estimate of drug-likeness (QED) is 0.871. The van der Waals surface area contributed by atoms with Crippen LogP contribution < -0.4 is 11.5 Å². The molecule has 0 atom stereocenters. The average molecular weight is 259 g/mol. The van der Waals surface area contributed by atoms with E-state index in [1.54, 1.807) is 0 Å². The summed E-state index contributed by atoms with van der Waals surface area (Å²) in [5.41, 5.74) is 16.6. The van der Waals surface area contributed by atoms with Crippen LogP contribution in [0.2, 0.25) is 0 Å². The first kappa shape index (κ1) is 11.7. The molecule has 0 aliphatic heterocycles. The van der Waals surface area contributed by atoms with Crippen LogP contribution in [0.15, 0.2) is 18.2 Å². The fraction of sp³-hybridized carbons (Fsp3) is 0.357. The fourth-order valence-electron chi connectivity index (χ4n) is 2.61. The second kappa shape index (κ2) is 4.71. The van der Waals surface area contributed by atoms with E-state index in [2.05, 4.69) is 23.2 Å². The first-order valence-electron chi connectivity index (χ1n) is 6.35. The number of nitrogen functional groups attached to an aromatic ring is 1. The molecule has 0 bridgehead atoms. The van der Waals surface area contributed by atoms with Gasteiger partial charge in [-0.3, -0.25) is 0 Å².